The van der Waals surface area contributed by atoms with Crippen LogP contribution in [0.2, 0.25) is 0 Å². The van der Waals surface area contributed by atoms with E-state index in [1.807, 2.05) is 11.4 Å². The van der Waals surface area contributed by atoms with Crippen molar-refractivity contribution in [3.8, 4) is 22.0 Å². The molecule has 1 aliphatic heterocycles. The van der Waals surface area contributed by atoms with Gasteiger partial charge in [-0.05, 0) is 17.7 Å². The fraction of sp³-hybridized carbons (Fsp3) is 0.261. The third kappa shape index (κ3) is 4.49. The first-order chi connectivity index (χ1) is 16.8. The molecule has 4 heterocycles. The summed E-state index contributed by atoms with van der Waals surface area (Å²) in [6.07, 6.45) is 0.767. The smallest absolute Gasteiger partial charge is 0.258 e. The lowest BCUT2D eigenvalue weighted by atomic mass is 9.91. The molecule has 0 unspecified atom stereocenters. The molecule has 1 amide bonds. The first kappa shape index (κ1) is 23.0. The Morgan fingerprint density at radius 3 is 2.83 bits per heavy atom. The second-order valence-corrected chi connectivity index (χ2v) is 8.99. The number of benzene rings is 1. The van der Waals surface area contributed by atoms with Crippen LogP contribution in [0.3, 0.4) is 0 Å². The van der Waals surface area contributed by atoms with Gasteiger partial charge in [-0.3, -0.25) is 4.79 Å². The summed E-state index contributed by atoms with van der Waals surface area (Å²) < 4.78 is 26.7. The Kier molecular flexibility index (Phi) is 5.99. The Labute approximate surface area is 203 Å². The Balaban J connectivity index is 1.38. The number of thiazole rings is 1. The van der Waals surface area contributed by atoms with Crippen molar-refractivity contribution in [1.29, 1.82) is 0 Å². The zero-order valence-electron chi connectivity index (χ0n) is 18.6. The highest BCUT2D eigenvalue weighted by Gasteiger charge is 2.45. The van der Waals surface area contributed by atoms with E-state index in [0.29, 0.717) is 40.7 Å². The number of hydrogen-bond donors (Lipinski definition) is 2. The molecular weight excluding hydrogens is 476 g/mol. The van der Waals surface area contributed by atoms with E-state index >= 15 is 0 Å². The predicted octanol–water partition coefficient (Wildman–Crippen LogP) is 3.52. The first-order valence-electron chi connectivity index (χ1n) is 10.8. The van der Waals surface area contributed by atoms with Crippen molar-refractivity contribution in [3.63, 3.8) is 0 Å². The number of alkyl halides is 2. The van der Waals surface area contributed by atoms with Crippen LogP contribution in [0.1, 0.15) is 12.0 Å². The van der Waals surface area contributed by atoms with Crippen molar-refractivity contribution in [3.05, 3.63) is 59.7 Å². The van der Waals surface area contributed by atoms with Gasteiger partial charge < -0.3 is 15.3 Å². The molecule has 0 spiro atoms. The van der Waals surface area contributed by atoms with E-state index in [1.54, 1.807) is 43.6 Å². The van der Waals surface area contributed by atoms with E-state index in [1.165, 1.54) is 22.4 Å². The molecule has 180 valence electrons. The molecule has 2 N–H and O–H groups in total. The molecule has 12 heteroatoms. The fourth-order valence-electron chi connectivity index (χ4n) is 3.95. The van der Waals surface area contributed by atoms with Gasteiger partial charge in [-0.25, -0.2) is 28.4 Å². The van der Waals surface area contributed by atoms with Crippen molar-refractivity contribution in [2.45, 2.75) is 25.0 Å². The molecule has 0 saturated carbocycles. The number of nitrogens with zero attached hydrogens (tertiary/aromatic N) is 6. The number of halogens is 2. The topological polar surface area (TPSA) is 109 Å². The second-order valence-electron chi connectivity index (χ2n) is 8.14. The van der Waals surface area contributed by atoms with Gasteiger partial charge in [0.25, 0.3) is 12.3 Å². The Morgan fingerprint density at radius 1 is 1.20 bits per heavy atom. The molecule has 35 heavy (non-hydrogen) atoms. The quantitative estimate of drug-likeness (QED) is 0.402. The summed E-state index contributed by atoms with van der Waals surface area (Å²) in [4.78, 5) is 27.3. The van der Waals surface area contributed by atoms with Crippen LogP contribution in [-0.4, -0.2) is 60.7 Å². The van der Waals surface area contributed by atoms with Gasteiger partial charge in [-0.2, -0.15) is 5.10 Å². The van der Waals surface area contributed by atoms with Crippen LogP contribution in [0.15, 0.2) is 54.2 Å². The minimum Gasteiger partial charge on any atom is -0.375 e. The van der Waals surface area contributed by atoms with Gasteiger partial charge in [0, 0.05) is 43.2 Å². The fourth-order valence-corrected chi connectivity index (χ4v) is 4.76. The number of carbonyl (C=O) groups excluding carboxylic acids is 1. The third-order valence-electron chi connectivity index (χ3n) is 5.79. The van der Waals surface area contributed by atoms with Gasteiger partial charge >= 0.3 is 0 Å². The summed E-state index contributed by atoms with van der Waals surface area (Å²) in [7, 11) is 1.68. The summed E-state index contributed by atoms with van der Waals surface area (Å²) in [5.41, 5.74) is 0.937. The molecule has 5 rings (SSSR count). The largest absolute Gasteiger partial charge is 0.375 e. The number of carbonyl (C=O) groups is 1. The minimum atomic E-state index is -2.54. The van der Waals surface area contributed by atoms with Crippen LogP contribution in [0.4, 0.5) is 20.5 Å². The average Bonchev–Trinajstić information content (AvgIpc) is 3.57. The van der Waals surface area contributed by atoms with Gasteiger partial charge in [0.15, 0.2) is 5.60 Å². The Bertz CT molecular complexity index is 1380. The summed E-state index contributed by atoms with van der Waals surface area (Å²) in [5, 5.41) is 20.3. The standard InChI is InChI=1S/C23H21F2N7O2S/c1-31-10-7-23(34,21(31)33)15-4-2-3-14(11-15)20-28-17(13-35-20)16-5-8-26-22(29-16)30-19-6-9-27-32(19)12-18(24)25/h2-6,8-9,11,13,18,34H,7,10,12H2,1H3,(H,26,29,30)/t23-/m1/s1. The van der Waals surface area contributed by atoms with E-state index in [4.69, 9.17) is 0 Å². The van der Waals surface area contributed by atoms with Gasteiger partial charge in [0.05, 0.1) is 11.9 Å². The van der Waals surface area contributed by atoms with Gasteiger partial charge in [0.2, 0.25) is 5.95 Å². The van der Waals surface area contributed by atoms with Gasteiger partial charge in [-0.15, -0.1) is 11.3 Å². The third-order valence-corrected chi connectivity index (χ3v) is 6.68. The van der Waals surface area contributed by atoms with Gasteiger partial charge in [-0.1, -0.05) is 18.2 Å². The molecule has 3 aromatic heterocycles. The zero-order chi connectivity index (χ0) is 24.6. The molecule has 1 aliphatic rings. The number of rotatable bonds is 7. The Morgan fingerprint density at radius 2 is 2.06 bits per heavy atom. The molecule has 1 saturated heterocycles. The highest BCUT2D eigenvalue weighted by atomic mass is 32.1. The van der Waals surface area contributed by atoms with Crippen LogP contribution in [-0.2, 0) is 16.9 Å². The maximum absolute atomic E-state index is 12.8. The SMILES string of the molecule is CN1CC[C@@](O)(c2cccc(-c3nc(-c4ccnc(Nc5ccnn5CC(F)F)n4)cs3)c2)C1=O. The monoisotopic (exact) mass is 497 g/mol. The summed E-state index contributed by atoms with van der Waals surface area (Å²) >= 11 is 1.40. The van der Waals surface area contributed by atoms with Crippen LogP contribution >= 0.6 is 11.3 Å². The van der Waals surface area contributed by atoms with Gasteiger partial charge in [0.1, 0.15) is 23.1 Å². The summed E-state index contributed by atoms with van der Waals surface area (Å²) in [6.45, 7) is -0.0471. The lowest BCUT2D eigenvalue weighted by Gasteiger charge is -2.21. The first-order valence-corrected chi connectivity index (χ1v) is 11.7. The number of likely N-dealkylation sites (N-methyl/N-ethyl adjacent to an activating group) is 1. The molecule has 0 aliphatic carbocycles. The zero-order valence-corrected chi connectivity index (χ0v) is 19.4. The molecular formula is C23H21F2N7O2S. The van der Waals surface area contributed by atoms with Crippen molar-refractivity contribution < 1.29 is 18.7 Å². The van der Waals surface area contributed by atoms with Crippen molar-refractivity contribution in [2.75, 3.05) is 18.9 Å². The highest BCUT2D eigenvalue weighted by Crippen LogP contribution is 2.36. The van der Waals surface area contributed by atoms with Crippen molar-refractivity contribution >= 4 is 29.0 Å². The number of aliphatic hydroxyl groups is 1. The number of hydrogen-bond acceptors (Lipinski definition) is 8. The second kappa shape index (κ2) is 9.12. The molecule has 9 nitrogen and oxygen atoms in total. The molecule has 1 fully saturated rings. The number of amides is 1. The average molecular weight is 498 g/mol. The van der Waals surface area contributed by atoms with E-state index in [2.05, 4.69) is 25.4 Å². The van der Waals surface area contributed by atoms with Crippen molar-refractivity contribution in [1.82, 2.24) is 29.6 Å². The van der Waals surface area contributed by atoms with E-state index in [0.717, 1.165) is 10.2 Å². The van der Waals surface area contributed by atoms with E-state index in [9.17, 15) is 18.7 Å². The van der Waals surface area contributed by atoms with Crippen LogP contribution in [0.5, 0.6) is 0 Å². The van der Waals surface area contributed by atoms with E-state index < -0.39 is 18.6 Å². The number of aromatic nitrogens is 5. The maximum Gasteiger partial charge on any atom is 0.258 e. The number of nitrogens with one attached hydrogen (secondary N) is 1. The predicted molar refractivity (Wildman–Crippen MR) is 126 cm³/mol. The Hall–Kier alpha value is -3.77. The summed E-state index contributed by atoms with van der Waals surface area (Å²) in [5.74, 6) is 0.259. The maximum atomic E-state index is 12.8. The number of likely N-dealkylation sites (tertiary alicyclic amines) is 1. The molecule has 1 aromatic carbocycles. The highest BCUT2D eigenvalue weighted by molar-refractivity contribution is 7.13. The molecule has 1 atom stereocenters. The lowest BCUT2D eigenvalue weighted by Crippen LogP contribution is -2.36. The molecule has 0 bridgehead atoms. The normalized spacial score (nSPS) is 18.0. The summed E-state index contributed by atoms with van der Waals surface area (Å²) in [6, 6.07) is 10.5. The number of anilines is 2. The van der Waals surface area contributed by atoms with Crippen molar-refractivity contribution in [2.24, 2.45) is 0 Å². The van der Waals surface area contributed by atoms with Crippen LogP contribution < -0.4 is 5.32 Å². The van der Waals surface area contributed by atoms with E-state index in [-0.39, 0.29) is 11.9 Å². The van der Waals surface area contributed by atoms with Crippen LogP contribution in [0, 0.1) is 0 Å². The lowest BCUT2D eigenvalue weighted by molar-refractivity contribution is -0.143. The van der Waals surface area contributed by atoms with Crippen LogP contribution in [0.25, 0.3) is 22.0 Å². The molecule has 4 aromatic rings. The minimum absolute atomic E-state index is 0.223. The molecule has 0 radical (unpaired) electrons.